The van der Waals surface area contributed by atoms with Crippen molar-refractivity contribution in [3.8, 4) is 17.1 Å². The maximum atomic E-state index is 14.5. The van der Waals surface area contributed by atoms with E-state index in [9.17, 15) is 9.18 Å². The molecule has 1 aromatic carbocycles. The van der Waals surface area contributed by atoms with E-state index in [0.29, 0.717) is 12.0 Å². The van der Waals surface area contributed by atoms with Gasteiger partial charge in [-0.25, -0.2) is 14.4 Å². The van der Waals surface area contributed by atoms with Gasteiger partial charge < -0.3 is 10.5 Å². The van der Waals surface area contributed by atoms with E-state index in [0.717, 1.165) is 0 Å². The molecule has 2 rings (SSSR count). The topological polar surface area (TPSA) is 78.1 Å². The Morgan fingerprint density at radius 1 is 1.41 bits per heavy atom. The second-order valence-electron chi connectivity index (χ2n) is 4.61. The number of ether oxygens (including phenoxy) is 1. The Morgan fingerprint density at radius 3 is 2.64 bits per heavy atom. The Bertz CT molecular complexity index is 750. The molecule has 0 aliphatic heterocycles. The van der Waals surface area contributed by atoms with Crippen LogP contribution in [0.4, 0.5) is 10.2 Å². The molecule has 2 aromatic rings. The van der Waals surface area contributed by atoms with Gasteiger partial charge in [0.05, 0.1) is 17.7 Å². The highest BCUT2D eigenvalue weighted by molar-refractivity contribution is 6.32. The number of hydrogen-bond acceptors (Lipinski definition) is 5. The van der Waals surface area contributed by atoms with Gasteiger partial charge >= 0.3 is 0 Å². The summed E-state index contributed by atoms with van der Waals surface area (Å²) < 4.78 is 19.4. The van der Waals surface area contributed by atoms with Gasteiger partial charge in [-0.2, -0.15) is 0 Å². The number of Topliss-reactive ketones (excluding diaryl/α,β-unsaturated/α-hetero) is 1. The van der Waals surface area contributed by atoms with Crippen LogP contribution in [0.1, 0.15) is 29.9 Å². The lowest BCUT2D eigenvalue weighted by atomic mass is 10.1. The predicted molar refractivity (Wildman–Crippen MR) is 82.8 cm³/mol. The molecule has 0 unspecified atom stereocenters. The SMILES string of the molecule is CCc1c(N)nc(-c2ccc(Cl)c(OC)c2F)nc1C(C)=O. The summed E-state index contributed by atoms with van der Waals surface area (Å²) in [6, 6.07) is 2.89. The van der Waals surface area contributed by atoms with E-state index in [2.05, 4.69) is 9.97 Å². The van der Waals surface area contributed by atoms with Crippen LogP contribution in [0.15, 0.2) is 12.1 Å². The van der Waals surface area contributed by atoms with Crippen LogP contribution in [0.25, 0.3) is 11.4 Å². The van der Waals surface area contributed by atoms with Gasteiger partial charge in [-0.3, -0.25) is 4.79 Å². The van der Waals surface area contributed by atoms with Crippen molar-refractivity contribution in [1.29, 1.82) is 0 Å². The number of nitrogens with two attached hydrogens (primary N) is 1. The summed E-state index contributed by atoms with van der Waals surface area (Å²) in [5, 5.41) is 0.133. The summed E-state index contributed by atoms with van der Waals surface area (Å²) in [7, 11) is 1.31. The molecule has 0 aliphatic carbocycles. The molecular weight excluding hydrogens is 309 g/mol. The number of carbonyl (C=O) groups excluding carboxylic acids is 1. The number of rotatable bonds is 4. The molecule has 0 saturated carbocycles. The van der Waals surface area contributed by atoms with Crippen molar-refractivity contribution < 1.29 is 13.9 Å². The first kappa shape index (κ1) is 16.2. The van der Waals surface area contributed by atoms with Crippen molar-refractivity contribution >= 4 is 23.2 Å². The summed E-state index contributed by atoms with van der Waals surface area (Å²) in [6.07, 6.45) is 0.507. The van der Waals surface area contributed by atoms with Gasteiger partial charge in [0.2, 0.25) is 0 Å². The number of methoxy groups -OCH3 is 1. The number of ketones is 1. The Balaban J connectivity index is 2.71. The lowest BCUT2D eigenvalue weighted by Gasteiger charge is -2.12. The fraction of sp³-hybridized carbons (Fsp3) is 0.267. The van der Waals surface area contributed by atoms with Gasteiger partial charge in [-0.05, 0) is 18.6 Å². The van der Waals surface area contributed by atoms with Gasteiger partial charge in [-0.1, -0.05) is 18.5 Å². The molecule has 116 valence electrons. The summed E-state index contributed by atoms with van der Waals surface area (Å²) in [5.41, 5.74) is 6.69. The number of halogens is 2. The molecule has 1 aromatic heterocycles. The van der Waals surface area contributed by atoms with E-state index in [1.807, 2.05) is 6.92 Å². The zero-order valence-electron chi connectivity index (χ0n) is 12.4. The van der Waals surface area contributed by atoms with Crippen LogP contribution in [-0.4, -0.2) is 22.9 Å². The van der Waals surface area contributed by atoms with Crippen LogP contribution in [0.5, 0.6) is 5.75 Å². The lowest BCUT2D eigenvalue weighted by molar-refractivity contribution is 0.101. The van der Waals surface area contributed by atoms with Gasteiger partial charge in [0.25, 0.3) is 0 Å². The lowest BCUT2D eigenvalue weighted by Crippen LogP contribution is -2.11. The molecule has 0 fully saturated rings. The second kappa shape index (κ2) is 6.27. The van der Waals surface area contributed by atoms with Crippen LogP contribution in [0.2, 0.25) is 5.02 Å². The minimum atomic E-state index is -0.701. The maximum Gasteiger partial charge on any atom is 0.178 e. The highest BCUT2D eigenvalue weighted by Crippen LogP contribution is 2.34. The first-order valence-electron chi connectivity index (χ1n) is 6.60. The third-order valence-electron chi connectivity index (χ3n) is 3.22. The fourth-order valence-corrected chi connectivity index (χ4v) is 2.38. The average Bonchev–Trinajstić information content (AvgIpc) is 2.46. The molecule has 0 radical (unpaired) electrons. The van der Waals surface area contributed by atoms with E-state index >= 15 is 0 Å². The van der Waals surface area contributed by atoms with E-state index in [1.165, 1.54) is 26.2 Å². The van der Waals surface area contributed by atoms with Crippen LogP contribution in [0.3, 0.4) is 0 Å². The van der Waals surface area contributed by atoms with Crippen molar-refractivity contribution in [1.82, 2.24) is 9.97 Å². The molecule has 0 atom stereocenters. The van der Waals surface area contributed by atoms with E-state index in [-0.39, 0.29) is 39.5 Å². The Morgan fingerprint density at radius 2 is 2.09 bits per heavy atom. The standard InChI is InChI=1S/C15H15ClFN3O2/c1-4-8-12(7(2)21)19-15(20-14(8)18)9-5-6-10(16)13(22-3)11(9)17/h5-6H,4H2,1-3H3,(H2,18,19,20). The molecule has 0 saturated heterocycles. The number of nitrogen functional groups attached to an aromatic ring is 1. The molecule has 0 bridgehead atoms. The van der Waals surface area contributed by atoms with Crippen LogP contribution >= 0.6 is 11.6 Å². The summed E-state index contributed by atoms with van der Waals surface area (Å²) in [4.78, 5) is 20.0. The quantitative estimate of drug-likeness (QED) is 0.873. The number of anilines is 1. The molecule has 7 heteroatoms. The summed E-state index contributed by atoms with van der Waals surface area (Å²) >= 11 is 5.87. The second-order valence-corrected chi connectivity index (χ2v) is 5.02. The summed E-state index contributed by atoms with van der Waals surface area (Å²) in [5.74, 6) is -0.884. The molecule has 0 amide bonds. The maximum absolute atomic E-state index is 14.5. The minimum Gasteiger partial charge on any atom is -0.492 e. The van der Waals surface area contributed by atoms with Gasteiger partial charge in [0.15, 0.2) is 23.2 Å². The van der Waals surface area contributed by atoms with E-state index in [4.69, 9.17) is 22.1 Å². The van der Waals surface area contributed by atoms with Crippen molar-refractivity contribution in [3.63, 3.8) is 0 Å². The van der Waals surface area contributed by atoms with Crippen LogP contribution < -0.4 is 10.5 Å². The van der Waals surface area contributed by atoms with E-state index in [1.54, 1.807) is 0 Å². The third kappa shape index (κ3) is 2.74. The molecule has 22 heavy (non-hydrogen) atoms. The number of aromatic nitrogens is 2. The summed E-state index contributed by atoms with van der Waals surface area (Å²) in [6.45, 7) is 3.22. The minimum absolute atomic E-state index is 0.0207. The average molecular weight is 324 g/mol. The van der Waals surface area contributed by atoms with Crippen molar-refractivity contribution in [2.24, 2.45) is 0 Å². The van der Waals surface area contributed by atoms with Crippen molar-refractivity contribution in [2.75, 3.05) is 12.8 Å². The van der Waals surface area contributed by atoms with Gasteiger partial charge in [-0.15, -0.1) is 0 Å². The fourth-order valence-electron chi connectivity index (χ4n) is 2.15. The first-order valence-corrected chi connectivity index (χ1v) is 6.98. The van der Waals surface area contributed by atoms with Gasteiger partial charge in [0, 0.05) is 12.5 Å². The number of carbonyl (C=O) groups is 1. The smallest absolute Gasteiger partial charge is 0.178 e. The predicted octanol–water partition coefficient (Wildman–Crippen LogP) is 3.29. The highest BCUT2D eigenvalue weighted by Gasteiger charge is 2.20. The number of benzene rings is 1. The number of hydrogen-bond donors (Lipinski definition) is 1. The molecule has 2 N–H and O–H groups in total. The van der Waals surface area contributed by atoms with Crippen LogP contribution in [-0.2, 0) is 6.42 Å². The Kier molecular flexibility index (Phi) is 4.61. The van der Waals surface area contributed by atoms with Crippen LogP contribution in [0, 0.1) is 5.82 Å². The largest absolute Gasteiger partial charge is 0.492 e. The third-order valence-corrected chi connectivity index (χ3v) is 3.52. The molecular formula is C15H15ClFN3O2. The molecule has 0 aliphatic rings. The first-order chi connectivity index (χ1) is 10.4. The highest BCUT2D eigenvalue weighted by atomic mass is 35.5. The molecule has 1 heterocycles. The van der Waals surface area contributed by atoms with Gasteiger partial charge in [0.1, 0.15) is 11.5 Å². The van der Waals surface area contributed by atoms with E-state index < -0.39 is 5.82 Å². The monoisotopic (exact) mass is 323 g/mol. The Labute approximate surface area is 132 Å². The van der Waals surface area contributed by atoms with Crippen molar-refractivity contribution in [2.45, 2.75) is 20.3 Å². The zero-order valence-corrected chi connectivity index (χ0v) is 13.2. The molecule has 5 nitrogen and oxygen atoms in total. The molecule has 0 spiro atoms. The van der Waals surface area contributed by atoms with Crippen molar-refractivity contribution in [3.05, 3.63) is 34.2 Å². The number of nitrogens with zero attached hydrogens (tertiary/aromatic N) is 2. The zero-order chi connectivity index (χ0) is 16.4. The normalized spacial score (nSPS) is 10.6. The Hall–Kier alpha value is -2.21.